The van der Waals surface area contributed by atoms with Crippen molar-refractivity contribution in [2.24, 2.45) is 5.92 Å². The lowest BCUT2D eigenvalue weighted by Crippen LogP contribution is -2.22. The van der Waals surface area contributed by atoms with E-state index in [0.29, 0.717) is 0 Å². The molecule has 1 aliphatic heterocycles. The quantitative estimate of drug-likeness (QED) is 0.510. The van der Waals surface area contributed by atoms with Gasteiger partial charge in [0, 0.05) is 5.92 Å². The van der Waals surface area contributed by atoms with Crippen LogP contribution in [0.5, 0.6) is 0 Å². The molecule has 0 saturated carbocycles. The van der Waals surface area contributed by atoms with E-state index in [9.17, 15) is 9.59 Å². The van der Waals surface area contributed by atoms with Crippen LogP contribution in [-0.2, 0) is 14.3 Å². The van der Waals surface area contributed by atoms with Gasteiger partial charge in [-0.3, -0.25) is 9.59 Å². The SMILES string of the molecule is COC(=O)CC(=O)C1CCSCC1. The third-order valence-corrected chi connectivity index (χ3v) is 3.27. The van der Waals surface area contributed by atoms with Crippen LogP contribution in [0, 0.1) is 5.92 Å². The Hall–Kier alpha value is -0.510. The second-order valence-corrected chi connectivity index (χ2v) is 4.33. The summed E-state index contributed by atoms with van der Waals surface area (Å²) in [7, 11) is 1.31. The number of methoxy groups -OCH3 is 1. The third kappa shape index (κ3) is 3.38. The number of ketones is 1. The number of carbonyl (C=O) groups is 2. The van der Waals surface area contributed by atoms with Crippen LogP contribution in [0.2, 0.25) is 0 Å². The Morgan fingerprint density at radius 1 is 1.38 bits per heavy atom. The molecule has 1 rings (SSSR count). The average Bonchev–Trinajstić information content (AvgIpc) is 2.19. The summed E-state index contributed by atoms with van der Waals surface area (Å²) in [6, 6.07) is 0. The van der Waals surface area contributed by atoms with Crippen LogP contribution in [0.3, 0.4) is 0 Å². The van der Waals surface area contributed by atoms with E-state index in [1.165, 1.54) is 7.11 Å². The molecule has 1 saturated heterocycles. The van der Waals surface area contributed by atoms with Gasteiger partial charge in [0.15, 0.2) is 0 Å². The van der Waals surface area contributed by atoms with Crippen LogP contribution >= 0.6 is 11.8 Å². The van der Waals surface area contributed by atoms with Gasteiger partial charge in [-0.05, 0) is 24.3 Å². The molecule has 13 heavy (non-hydrogen) atoms. The van der Waals surface area contributed by atoms with Gasteiger partial charge in [0.25, 0.3) is 0 Å². The summed E-state index contributed by atoms with van der Waals surface area (Å²) in [5.41, 5.74) is 0. The molecule has 0 aliphatic carbocycles. The fourth-order valence-electron chi connectivity index (χ4n) is 1.38. The maximum absolute atomic E-state index is 11.5. The van der Waals surface area contributed by atoms with Crippen molar-refractivity contribution in [1.29, 1.82) is 0 Å². The predicted octanol–water partition coefficient (Wildman–Crippen LogP) is 1.26. The Kier molecular flexibility index (Phi) is 4.28. The predicted molar refractivity (Wildman–Crippen MR) is 51.7 cm³/mol. The van der Waals surface area contributed by atoms with Gasteiger partial charge in [-0.15, -0.1) is 0 Å². The van der Waals surface area contributed by atoms with E-state index < -0.39 is 5.97 Å². The monoisotopic (exact) mass is 202 g/mol. The van der Waals surface area contributed by atoms with Crippen molar-refractivity contribution in [2.75, 3.05) is 18.6 Å². The fraction of sp³-hybridized carbons (Fsp3) is 0.778. The molecule has 0 atom stereocenters. The lowest BCUT2D eigenvalue weighted by atomic mass is 9.96. The van der Waals surface area contributed by atoms with E-state index >= 15 is 0 Å². The van der Waals surface area contributed by atoms with Crippen molar-refractivity contribution in [3.63, 3.8) is 0 Å². The molecule has 0 unspecified atom stereocenters. The van der Waals surface area contributed by atoms with Gasteiger partial charge in [-0.1, -0.05) is 0 Å². The van der Waals surface area contributed by atoms with Gasteiger partial charge in [0.1, 0.15) is 12.2 Å². The molecule has 0 aromatic rings. The molecule has 0 radical (unpaired) electrons. The standard InChI is InChI=1S/C9H14O3S/c1-12-9(11)6-8(10)7-2-4-13-5-3-7/h7H,2-6H2,1H3. The van der Waals surface area contributed by atoms with Crippen molar-refractivity contribution in [2.45, 2.75) is 19.3 Å². The first-order chi connectivity index (χ1) is 6.24. The molecule has 1 fully saturated rings. The highest BCUT2D eigenvalue weighted by atomic mass is 32.2. The number of thioether (sulfide) groups is 1. The molecular weight excluding hydrogens is 188 g/mol. The minimum Gasteiger partial charge on any atom is -0.469 e. The number of hydrogen-bond acceptors (Lipinski definition) is 4. The average molecular weight is 202 g/mol. The smallest absolute Gasteiger partial charge is 0.313 e. The zero-order valence-electron chi connectivity index (χ0n) is 7.75. The molecule has 0 aromatic heterocycles. The molecule has 74 valence electrons. The van der Waals surface area contributed by atoms with E-state index in [1.807, 2.05) is 11.8 Å². The Bertz CT molecular complexity index is 197. The maximum Gasteiger partial charge on any atom is 0.313 e. The van der Waals surface area contributed by atoms with Crippen LogP contribution in [0.25, 0.3) is 0 Å². The molecule has 0 N–H and O–H groups in total. The van der Waals surface area contributed by atoms with E-state index in [4.69, 9.17) is 0 Å². The highest BCUT2D eigenvalue weighted by Crippen LogP contribution is 2.24. The van der Waals surface area contributed by atoms with Gasteiger partial charge in [0.2, 0.25) is 0 Å². The van der Waals surface area contributed by atoms with Crippen LogP contribution in [0.1, 0.15) is 19.3 Å². The van der Waals surface area contributed by atoms with Gasteiger partial charge < -0.3 is 4.74 Å². The van der Waals surface area contributed by atoms with Crippen molar-refractivity contribution in [1.82, 2.24) is 0 Å². The topological polar surface area (TPSA) is 43.4 Å². The van der Waals surface area contributed by atoms with Gasteiger partial charge in [-0.2, -0.15) is 11.8 Å². The number of rotatable bonds is 3. The summed E-state index contributed by atoms with van der Waals surface area (Å²) in [4.78, 5) is 22.3. The van der Waals surface area contributed by atoms with Crippen LogP contribution < -0.4 is 0 Å². The number of carbonyl (C=O) groups excluding carboxylic acids is 2. The highest BCUT2D eigenvalue weighted by Gasteiger charge is 2.23. The van der Waals surface area contributed by atoms with Crippen LogP contribution in [0.15, 0.2) is 0 Å². The number of esters is 1. The van der Waals surface area contributed by atoms with Gasteiger partial charge in [0.05, 0.1) is 7.11 Å². The normalized spacial score (nSPS) is 18.2. The summed E-state index contributed by atoms with van der Waals surface area (Å²) in [6.07, 6.45) is 1.78. The highest BCUT2D eigenvalue weighted by molar-refractivity contribution is 7.99. The Morgan fingerprint density at radius 3 is 2.54 bits per heavy atom. The second kappa shape index (κ2) is 5.27. The maximum atomic E-state index is 11.5. The van der Waals surface area contributed by atoms with Crippen molar-refractivity contribution < 1.29 is 14.3 Å². The minimum atomic E-state index is -0.414. The summed E-state index contributed by atoms with van der Waals surface area (Å²) in [5.74, 6) is 1.81. The Labute approximate surface area is 82.2 Å². The van der Waals surface area contributed by atoms with E-state index in [1.54, 1.807) is 0 Å². The molecule has 4 heteroatoms. The van der Waals surface area contributed by atoms with E-state index in [2.05, 4.69) is 4.74 Å². The first kappa shape index (κ1) is 10.6. The molecule has 0 spiro atoms. The largest absolute Gasteiger partial charge is 0.469 e. The summed E-state index contributed by atoms with van der Waals surface area (Å²) >= 11 is 1.87. The molecule has 3 nitrogen and oxygen atoms in total. The molecule has 1 heterocycles. The van der Waals surface area contributed by atoms with E-state index in [-0.39, 0.29) is 18.1 Å². The molecule has 0 aromatic carbocycles. The summed E-state index contributed by atoms with van der Waals surface area (Å²) in [6.45, 7) is 0. The lowest BCUT2D eigenvalue weighted by molar-refractivity contribution is -0.144. The lowest BCUT2D eigenvalue weighted by Gasteiger charge is -2.19. The molecule has 0 bridgehead atoms. The molecule has 0 amide bonds. The van der Waals surface area contributed by atoms with Gasteiger partial charge in [-0.25, -0.2) is 0 Å². The summed E-state index contributed by atoms with van der Waals surface area (Å²) in [5, 5.41) is 0. The number of ether oxygens (including phenoxy) is 1. The Morgan fingerprint density at radius 2 is 2.00 bits per heavy atom. The molecule has 1 aliphatic rings. The van der Waals surface area contributed by atoms with Crippen LogP contribution in [-0.4, -0.2) is 30.4 Å². The molecular formula is C9H14O3S. The first-order valence-corrected chi connectivity index (χ1v) is 5.56. The third-order valence-electron chi connectivity index (χ3n) is 2.22. The second-order valence-electron chi connectivity index (χ2n) is 3.11. The van der Waals surface area contributed by atoms with Gasteiger partial charge >= 0.3 is 5.97 Å². The fourth-order valence-corrected chi connectivity index (χ4v) is 2.48. The number of hydrogen-bond donors (Lipinski definition) is 0. The zero-order chi connectivity index (χ0) is 9.68. The first-order valence-electron chi connectivity index (χ1n) is 4.41. The Balaban J connectivity index is 2.33. The number of Topliss-reactive ketones (excluding diaryl/α,β-unsaturated/α-hetero) is 1. The van der Waals surface area contributed by atoms with Crippen molar-refractivity contribution >= 4 is 23.5 Å². The van der Waals surface area contributed by atoms with E-state index in [0.717, 1.165) is 24.3 Å². The van der Waals surface area contributed by atoms with Crippen molar-refractivity contribution in [3.05, 3.63) is 0 Å². The van der Waals surface area contributed by atoms with Crippen molar-refractivity contribution in [3.8, 4) is 0 Å². The zero-order valence-corrected chi connectivity index (χ0v) is 8.56. The summed E-state index contributed by atoms with van der Waals surface area (Å²) < 4.78 is 4.45. The minimum absolute atomic E-state index is 0.0483. The van der Waals surface area contributed by atoms with Crippen LogP contribution in [0.4, 0.5) is 0 Å².